The topological polar surface area (TPSA) is 55.3 Å². The van der Waals surface area contributed by atoms with Gasteiger partial charge in [-0.3, -0.25) is 9.69 Å². The Balaban J connectivity index is 1.87. The number of hydrogen-bond acceptors (Lipinski definition) is 5. The molecule has 0 aliphatic carbocycles. The third kappa shape index (κ3) is 4.69. The molecular weight excluding hydrogens is 394 g/mol. The summed E-state index contributed by atoms with van der Waals surface area (Å²) in [5, 5.41) is 10.3. The fourth-order valence-electron chi connectivity index (χ4n) is 2.68. The maximum atomic E-state index is 13.1. The summed E-state index contributed by atoms with van der Waals surface area (Å²) in [6.07, 6.45) is 1.84. The van der Waals surface area contributed by atoms with Gasteiger partial charge in [-0.15, -0.1) is 10.2 Å². The third-order valence-electron chi connectivity index (χ3n) is 4.14. The lowest BCUT2D eigenvalue weighted by molar-refractivity contribution is 0.0986. The molecule has 0 aliphatic rings. The molecule has 146 valence electrons. The largest absolute Gasteiger partial charge is 0.494 e. The van der Waals surface area contributed by atoms with E-state index in [2.05, 4.69) is 17.1 Å². The molecule has 0 saturated carbocycles. The lowest BCUT2D eigenvalue weighted by atomic mass is 10.2. The number of hydrogen-bond donors (Lipinski definition) is 0. The number of benzene rings is 2. The van der Waals surface area contributed by atoms with E-state index in [1.54, 1.807) is 17.0 Å². The molecule has 0 bridgehead atoms. The Kier molecular flexibility index (Phi) is 7.01. The van der Waals surface area contributed by atoms with E-state index in [1.807, 2.05) is 43.3 Å². The van der Waals surface area contributed by atoms with Crippen LogP contribution in [0.5, 0.6) is 5.75 Å². The standard InChI is InChI=1S/C21H22ClN3O2S/c1-3-5-14-25(20(26)17-8-6-7-9-18(17)22)21-24-23-19(28-21)15-10-12-16(13-11-15)27-4-2/h6-13H,3-5,14H2,1-2H3. The number of ether oxygens (including phenoxy) is 1. The van der Waals surface area contributed by atoms with Crippen LogP contribution in [-0.4, -0.2) is 29.3 Å². The smallest absolute Gasteiger partial charge is 0.261 e. The molecule has 0 N–H and O–H groups in total. The molecule has 3 rings (SSSR count). The Labute approximate surface area is 173 Å². The average Bonchev–Trinajstić information content (AvgIpc) is 3.19. The summed E-state index contributed by atoms with van der Waals surface area (Å²) < 4.78 is 5.48. The number of amides is 1. The molecule has 28 heavy (non-hydrogen) atoms. The molecule has 0 spiro atoms. The fraction of sp³-hybridized carbons (Fsp3) is 0.286. The van der Waals surface area contributed by atoms with E-state index in [1.165, 1.54) is 11.3 Å². The SMILES string of the molecule is CCCCN(C(=O)c1ccccc1Cl)c1nnc(-c2ccc(OCC)cc2)s1. The summed E-state index contributed by atoms with van der Waals surface area (Å²) in [4.78, 5) is 14.8. The number of nitrogens with zero attached hydrogens (tertiary/aromatic N) is 3. The number of rotatable bonds is 8. The van der Waals surface area contributed by atoms with E-state index in [-0.39, 0.29) is 5.91 Å². The van der Waals surface area contributed by atoms with E-state index in [0.29, 0.717) is 28.9 Å². The molecule has 3 aromatic rings. The van der Waals surface area contributed by atoms with Crippen molar-refractivity contribution >= 4 is 34.0 Å². The van der Waals surface area contributed by atoms with Gasteiger partial charge in [-0.1, -0.05) is 48.4 Å². The zero-order valence-electron chi connectivity index (χ0n) is 15.9. The van der Waals surface area contributed by atoms with Crippen molar-refractivity contribution in [1.82, 2.24) is 10.2 Å². The van der Waals surface area contributed by atoms with Gasteiger partial charge in [-0.05, 0) is 49.7 Å². The van der Waals surface area contributed by atoms with Crippen molar-refractivity contribution in [1.29, 1.82) is 0 Å². The molecule has 2 aromatic carbocycles. The second-order valence-corrected chi connectivity index (χ2v) is 7.50. The Morgan fingerprint density at radius 1 is 1.11 bits per heavy atom. The first-order valence-corrected chi connectivity index (χ1v) is 10.5. The predicted molar refractivity (Wildman–Crippen MR) is 115 cm³/mol. The summed E-state index contributed by atoms with van der Waals surface area (Å²) >= 11 is 7.63. The molecule has 1 amide bonds. The Morgan fingerprint density at radius 2 is 1.86 bits per heavy atom. The molecule has 5 nitrogen and oxygen atoms in total. The Morgan fingerprint density at radius 3 is 2.54 bits per heavy atom. The van der Waals surface area contributed by atoms with Gasteiger partial charge in [0.1, 0.15) is 10.8 Å². The molecule has 0 unspecified atom stereocenters. The highest BCUT2D eigenvalue weighted by Gasteiger charge is 2.23. The minimum atomic E-state index is -0.159. The number of aromatic nitrogens is 2. The van der Waals surface area contributed by atoms with Gasteiger partial charge in [0.25, 0.3) is 5.91 Å². The van der Waals surface area contributed by atoms with Gasteiger partial charge in [0.15, 0.2) is 0 Å². The van der Waals surface area contributed by atoms with Crippen molar-refractivity contribution in [3.63, 3.8) is 0 Å². The van der Waals surface area contributed by atoms with Crippen LogP contribution in [0.4, 0.5) is 5.13 Å². The lowest BCUT2D eigenvalue weighted by Crippen LogP contribution is -2.32. The number of carbonyl (C=O) groups is 1. The van der Waals surface area contributed by atoms with Gasteiger partial charge in [0.05, 0.1) is 17.2 Å². The molecule has 0 radical (unpaired) electrons. The Hall–Kier alpha value is -2.44. The maximum absolute atomic E-state index is 13.1. The fourth-order valence-corrected chi connectivity index (χ4v) is 3.77. The summed E-state index contributed by atoms with van der Waals surface area (Å²) in [6, 6.07) is 14.8. The lowest BCUT2D eigenvalue weighted by Gasteiger charge is -2.19. The molecule has 0 atom stereocenters. The number of halogens is 1. The maximum Gasteiger partial charge on any atom is 0.261 e. The van der Waals surface area contributed by atoms with Crippen LogP contribution >= 0.6 is 22.9 Å². The molecule has 0 saturated heterocycles. The van der Waals surface area contributed by atoms with Crippen molar-refractivity contribution in [3.05, 3.63) is 59.1 Å². The van der Waals surface area contributed by atoms with E-state index in [0.717, 1.165) is 29.2 Å². The summed E-state index contributed by atoms with van der Waals surface area (Å²) in [7, 11) is 0. The molecule has 1 heterocycles. The van der Waals surface area contributed by atoms with E-state index in [4.69, 9.17) is 16.3 Å². The second-order valence-electron chi connectivity index (χ2n) is 6.14. The predicted octanol–water partition coefficient (Wildman–Crippen LogP) is 5.70. The highest BCUT2D eigenvalue weighted by atomic mass is 35.5. The normalized spacial score (nSPS) is 10.7. The van der Waals surface area contributed by atoms with Crippen molar-refractivity contribution in [2.75, 3.05) is 18.1 Å². The number of carbonyl (C=O) groups excluding carboxylic acids is 1. The zero-order chi connectivity index (χ0) is 19.9. The molecule has 7 heteroatoms. The van der Waals surface area contributed by atoms with Crippen LogP contribution in [-0.2, 0) is 0 Å². The van der Waals surface area contributed by atoms with Gasteiger partial charge in [0.2, 0.25) is 5.13 Å². The first-order valence-electron chi connectivity index (χ1n) is 9.27. The molecule has 0 aliphatic heterocycles. The van der Waals surface area contributed by atoms with Gasteiger partial charge < -0.3 is 4.74 Å². The summed E-state index contributed by atoms with van der Waals surface area (Å²) in [5.41, 5.74) is 1.41. The van der Waals surface area contributed by atoms with Gasteiger partial charge in [0, 0.05) is 12.1 Å². The average molecular weight is 416 g/mol. The third-order valence-corrected chi connectivity index (χ3v) is 5.47. The summed E-state index contributed by atoms with van der Waals surface area (Å²) in [5.74, 6) is 0.655. The number of anilines is 1. The Bertz CT molecular complexity index is 927. The minimum Gasteiger partial charge on any atom is -0.494 e. The number of unbranched alkanes of at least 4 members (excludes halogenated alkanes) is 1. The van der Waals surface area contributed by atoms with E-state index in [9.17, 15) is 4.79 Å². The van der Waals surface area contributed by atoms with Crippen molar-refractivity contribution in [2.24, 2.45) is 0 Å². The van der Waals surface area contributed by atoms with Crippen LogP contribution in [0.1, 0.15) is 37.0 Å². The quantitative estimate of drug-likeness (QED) is 0.473. The minimum absolute atomic E-state index is 0.159. The van der Waals surface area contributed by atoms with Crippen molar-refractivity contribution in [3.8, 4) is 16.3 Å². The summed E-state index contributed by atoms with van der Waals surface area (Å²) in [6.45, 7) is 5.23. The van der Waals surface area contributed by atoms with Gasteiger partial charge in [-0.2, -0.15) is 0 Å². The van der Waals surface area contributed by atoms with Crippen molar-refractivity contribution in [2.45, 2.75) is 26.7 Å². The van der Waals surface area contributed by atoms with Crippen LogP contribution < -0.4 is 9.64 Å². The second kappa shape index (κ2) is 9.66. The van der Waals surface area contributed by atoms with Crippen LogP contribution in [0.15, 0.2) is 48.5 Å². The zero-order valence-corrected chi connectivity index (χ0v) is 17.5. The van der Waals surface area contributed by atoms with Crippen LogP contribution in [0.3, 0.4) is 0 Å². The highest BCUT2D eigenvalue weighted by molar-refractivity contribution is 7.18. The van der Waals surface area contributed by atoms with E-state index < -0.39 is 0 Å². The first kappa shape index (κ1) is 20.3. The molecule has 0 fully saturated rings. The molecular formula is C21H22ClN3O2S. The van der Waals surface area contributed by atoms with Crippen molar-refractivity contribution < 1.29 is 9.53 Å². The first-order chi connectivity index (χ1) is 13.6. The van der Waals surface area contributed by atoms with Crippen LogP contribution in [0.2, 0.25) is 5.02 Å². The van der Waals surface area contributed by atoms with Crippen LogP contribution in [0, 0.1) is 0 Å². The van der Waals surface area contributed by atoms with E-state index >= 15 is 0 Å². The monoisotopic (exact) mass is 415 g/mol. The van der Waals surface area contributed by atoms with Crippen LogP contribution in [0.25, 0.3) is 10.6 Å². The highest BCUT2D eigenvalue weighted by Crippen LogP contribution is 2.31. The molecule has 1 aromatic heterocycles. The van der Waals surface area contributed by atoms with Gasteiger partial charge >= 0.3 is 0 Å². The van der Waals surface area contributed by atoms with Gasteiger partial charge in [-0.25, -0.2) is 0 Å².